The number of hydrogen-bond acceptors (Lipinski definition) is 4. The van der Waals surface area contributed by atoms with E-state index in [1.165, 1.54) is 12.1 Å². The Hall–Kier alpha value is -1.55. The minimum absolute atomic E-state index is 0.126. The molecule has 0 saturated carbocycles. The third kappa shape index (κ3) is 7.04. The van der Waals surface area contributed by atoms with Crippen LogP contribution in [-0.4, -0.2) is 25.2 Å². The van der Waals surface area contributed by atoms with Crippen LogP contribution in [0, 0.1) is 10.8 Å². The lowest BCUT2D eigenvalue weighted by molar-refractivity contribution is 0.0322. The largest absolute Gasteiger partial charge is 0.462 e. The maximum atomic E-state index is 12.3. The molecule has 0 amide bonds. The third-order valence-electron chi connectivity index (χ3n) is 2.69. The summed E-state index contributed by atoms with van der Waals surface area (Å²) in [4.78, 5) is 24.5. The Bertz CT molecular complexity index is 580. The monoisotopic (exact) mass is 340 g/mol. The van der Waals surface area contributed by atoms with Gasteiger partial charge in [-0.15, -0.1) is 0 Å². The normalized spacial score (nSPS) is 12.0. The minimum atomic E-state index is -0.579. The molecule has 0 N–H and O–H groups in total. The van der Waals surface area contributed by atoms with E-state index >= 15 is 0 Å². The molecule has 0 aliphatic rings. The van der Waals surface area contributed by atoms with Gasteiger partial charge in [0.25, 0.3) is 0 Å². The Balaban J connectivity index is 2.96. The lowest BCUT2D eigenvalue weighted by Gasteiger charge is -2.20. The molecule has 0 aromatic heterocycles. The van der Waals surface area contributed by atoms with E-state index in [1.807, 2.05) is 41.5 Å². The average Bonchev–Trinajstić information content (AvgIpc) is 2.40. The smallest absolute Gasteiger partial charge is 0.339 e. The van der Waals surface area contributed by atoms with E-state index in [9.17, 15) is 9.59 Å². The first-order valence-corrected chi connectivity index (χ1v) is 7.91. The second-order valence-corrected chi connectivity index (χ2v) is 8.40. The van der Waals surface area contributed by atoms with Crippen molar-refractivity contribution in [3.8, 4) is 0 Å². The van der Waals surface area contributed by atoms with Gasteiger partial charge >= 0.3 is 11.9 Å². The van der Waals surface area contributed by atoms with Crippen molar-refractivity contribution >= 4 is 23.5 Å². The van der Waals surface area contributed by atoms with Crippen molar-refractivity contribution in [1.29, 1.82) is 0 Å². The fourth-order valence-corrected chi connectivity index (χ4v) is 1.76. The highest BCUT2D eigenvalue weighted by Gasteiger charge is 2.23. The van der Waals surface area contributed by atoms with Crippen molar-refractivity contribution in [3.05, 3.63) is 34.3 Å². The van der Waals surface area contributed by atoms with Gasteiger partial charge in [0.15, 0.2) is 0 Å². The molecule has 5 heteroatoms. The molecular formula is C18H25ClO4. The fourth-order valence-electron chi connectivity index (χ4n) is 1.58. The Labute approximate surface area is 143 Å². The lowest BCUT2D eigenvalue weighted by Crippen LogP contribution is -2.22. The second kappa shape index (κ2) is 7.35. The number of hydrogen-bond donors (Lipinski definition) is 0. The Kier molecular flexibility index (Phi) is 6.23. The molecule has 0 atom stereocenters. The van der Waals surface area contributed by atoms with E-state index in [2.05, 4.69) is 0 Å². The highest BCUT2D eigenvalue weighted by molar-refractivity contribution is 6.31. The van der Waals surface area contributed by atoms with Gasteiger partial charge in [0.1, 0.15) is 0 Å². The van der Waals surface area contributed by atoms with Crippen LogP contribution in [0.5, 0.6) is 0 Å². The van der Waals surface area contributed by atoms with Gasteiger partial charge in [0.2, 0.25) is 0 Å². The summed E-state index contributed by atoms with van der Waals surface area (Å²) in [5.74, 6) is -1.13. The predicted molar refractivity (Wildman–Crippen MR) is 90.9 cm³/mol. The van der Waals surface area contributed by atoms with E-state index in [-0.39, 0.29) is 35.2 Å². The summed E-state index contributed by atoms with van der Waals surface area (Å²) >= 11 is 5.95. The third-order valence-corrected chi connectivity index (χ3v) is 2.93. The molecule has 1 rings (SSSR count). The first-order chi connectivity index (χ1) is 10.4. The van der Waals surface area contributed by atoms with Crippen LogP contribution < -0.4 is 0 Å². The van der Waals surface area contributed by atoms with E-state index in [1.54, 1.807) is 6.07 Å². The summed E-state index contributed by atoms with van der Waals surface area (Å²) in [5, 5.41) is 0.361. The van der Waals surface area contributed by atoms with Crippen molar-refractivity contribution in [2.45, 2.75) is 41.5 Å². The van der Waals surface area contributed by atoms with Gasteiger partial charge in [-0.3, -0.25) is 0 Å². The molecule has 0 heterocycles. The maximum Gasteiger partial charge on any atom is 0.339 e. The molecule has 128 valence electrons. The van der Waals surface area contributed by atoms with Crippen molar-refractivity contribution in [3.63, 3.8) is 0 Å². The summed E-state index contributed by atoms with van der Waals surface area (Å²) in [6.45, 7) is 12.2. The number of esters is 2. The number of ether oxygens (including phenoxy) is 2. The lowest BCUT2D eigenvalue weighted by atomic mass is 9.98. The van der Waals surface area contributed by atoms with Crippen LogP contribution in [0.4, 0.5) is 0 Å². The minimum Gasteiger partial charge on any atom is -0.462 e. The van der Waals surface area contributed by atoms with Gasteiger partial charge in [0, 0.05) is 5.02 Å². The molecule has 23 heavy (non-hydrogen) atoms. The van der Waals surface area contributed by atoms with Crippen LogP contribution in [0.15, 0.2) is 18.2 Å². The first-order valence-electron chi connectivity index (χ1n) is 7.53. The maximum absolute atomic E-state index is 12.3. The van der Waals surface area contributed by atoms with Crippen molar-refractivity contribution < 1.29 is 19.1 Å². The SMILES string of the molecule is CC(C)(C)COC(=O)c1ccc(Cl)cc1C(=O)OCC(C)(C)C. The molecule has 0 fully saturated rings. The van der Waals surface area contributed by atoms with E-state index in [0.717, 1.165) is 0 Å². The molecule has 0 spiro atoms. The molecule has 0 saturated heterocycles. The second-order valence-electron chi connectivity index (χ2n) is 7.96. The van der Waals surface area contributed by atoms with Crippen LogP contribution >= 0.6 is 11.6 Å². The van der Waals surface area contributed by atoms with Crippen LogP contribution in [0.3, 0.4) is 0 Å². The van der Waals surface area contributed by atoms with Gasteiger partial charge in [-0.05, 0) is 29.0 Å². The van der Waals surface area contributed by atoms with E-state index in [0.29, 0.717) is 5.02 Å². The van der Waals surface area contributed by atoms with Gasteiger partial charge < -0.3 is 9.47 Å². The summed E-state index contributed by atoms with van der Waals surface area (Å²) in [5.41, 5.74) is -0.0333. The fraction of sp³-hybridized carbons (Fsp3) is 0.556. The molecule has 0 aliphatic carbocycles. The molecule has 1 aromatic rings. The molecule has 0 bridgehead atoms. The predicted octanol–water partition coefficient (Wildman–Crippen LogP) is 4.75. The number of carbonyl (C=O) groups excluding carboxylic acids is 2. The van der Waals surface area contributed by atoms with Crippen molar-refractivity contribution in [1.82, 2.24) is 0 Å². The van der Waals surface area contributed by atoms with E-state index in [4.69, 9.17) is 21.1 Å². The van der Waals surface area contributed by atoms with Crippen LogP contribution in [0.1, 0.15) is 62.3 Å². The molecule has 1 aromatic carbocycles. The molecule has 0 radical (unpaired) electrons. The van der Waals surface area contributed by atoms with Crippen molar-refractivity contribution in [2.24, 2.45) is 10.8 Å². The number of carbonyl (C=O) groups is 2. The first kappa shape index (κ1) is 19.5. The zero-order valence-corrected chi connectivity index (χ0v) is 15.4. The van der Waals surface area contributed by atoms with Crippen LogP contribution in [0.25, 0.3) is 0 Å². The van der Waals surface area contributed by atoms with E-state index < -0.39 is 11.9 Å². The molecule has 4 nitrogen and oxygen atoms in total. The number of halogens is 1. The van der Waals surface area contributed by atoms with Crippen LogP contribution in [0.2, 0.25) is 5.02 Å². The Morgan fingerprint density at radius 1 is 0.870 bits per heavy atom. The highest BCUT2D eigenvalue weighted by atomic mass is 35.5. The number of rotatable bonds is 4. The summed E-state index contributed by atoms with van der Waals surface area (Å²) in [7, 11) is 0. The van der Waals surface area contributed by atoms with Crippen LogP contribution in [-0.2, 0) is 9.47 Å². The Morgan fingerprint density at radius 3 is 1.74 bits per heavy atom. The van der Waals surface area contributed by atoms with Gasteiger partial charge in [-0.1, -0.05) is 53.1 Å². The topological polar surface area (TPSA) is 52.6 Å². The highest BCUT2D eigenvalue weighted by Crippen LogP contribution is 2.21. The van der Waals surface area contributed by atoms with Gasteiger partial charge in [0.05, 0.1) is 24.3 Å². The van der Waals surface area contributed by atoms with Crippen molar-refractivity contribution in [2.75, 3.05) is 13.2 Å². The van der Waals surface area contributed by atoms with Gasteiger partial charge in [-0.2, -0.15) is 0 Å². The molecule has 0 aliphatic heterocycles. The summed E-state index contributed by atoms with van der Waals surface area (Å²) < 4.78 is 10.6. The molecule has 0 unspecified atom stereocenters. The average molecular weight is 341 g/mol. The number of benzene rings is 1. The zero-order valence-electron chi connectivity index (χ0n) is 14.7. The molecular weight excluding hydrogens is 316 g/mol. The van der Waals surface area contributed by atoms with Gasteiger partial charge in [-0.25, -0.2) is 9.59 Å². The summed E-state index contributed by atoms with van der Waals surface area (Å²) in [6.07, 6.45) is 0. The quantitative estimate of drug-likeness (QED) is 0.742. The standard InChI is InChI=1S/C18H25ClO4/c1-17(2,3)10-22-15(20)13-8-7-12(19)9-14(13)16(21)23-11-18(4,5)6/h7-9H,10-11H2,1-6H3. The Morgan fingerprint density at radius 2 is 1.30 bits per heavy atom. The zero-order chi connectivity index (χ0) is 17.8. The summed E-state index contributed by atoms with van der Waals surface area (Å²) in [6, 6.07) is 4.47.